The number of esters is 1. The summed E-state index contributed by atoms with van der Waals surface area (Å²) in [7, 11) is 0. The first-order valence-corrected chi connectivity index (χ1v) is 5.31. The van der Waals surface area contributed by atoms with Gasteiger partial charge in [0.25, 0.3) is 5.91 Å². The van der Waals surface area contributed by atoms with E-state index in [0.29, 0.717) is 10.0 Å². The molecule has 0 saturated carbocycles. The van der Waals surface area contributed by atoms with E-state index in [1.165, 1.54) is 0 Å². The second-order valence-corrected chi connectivity index (χ2v) is 3.82. The second kappa shape index (κ2) is 6.00. The van der Waals surface area contributed by atoms with Crippen molar-refractivity contribution in [2.75, 3.05) is 6.61 Å². The third-order valence-corrected chi connectivity index (χ3v) is 2.38. The number of carbonyl (C=O) groups excluding carboxylic acids is 3. The van der Waals surface area contributed by atoms with E-state index in [9.17, 15) is 14.4 Å². The van der Waals surface area contributed by atoms with Gasteiger partial charge in [0.1, 0.15) is 0 Å². The van der Waals surface area contributed by atoms with Crippen LogP contribution in [0.4, 0.5) is 4.79 Å². The van der Waals surface area contributed by atoms with E-state index in [1.807, 2.05) is 0 Å². The average molecular weight is 301 g/mol. The van der Waals surface area contributed by atoms with E-state index in [-0.39, 0.29) is 0 Å². The highest BCUT2D eigenvalue weighted by Crippen LogP contribution is 2.16. The van der Waals surface area contributed by atoms with E-state index in [0.717, 1.165) is 0 Å². The van der Waals surface area contributed by atoms with Gasteiger partial charge < -0.3 is 10.5 Å². The molecule has 0 aliphatic carbocycles. The number of benzene rings is 1. The molecule has 0 atom stereocenters. The van der Waals surface area contributed by atoms with Gasteiger partial charge in [-0.05, 0) is 28.1 Å². The minimum absolute atomic E-state index is 0.291. The molecule has 0 saturated heterocycles. The van der Waals surface area contributed by atoms with Crippen LogP contribution >= 0.6 is 15.9 Å². The maximum absolute atomic E-state index is 11.5. The monoisotopic (exact) mass is 300 g/mol. The summed E-state index contributed by atoms with van der Waals surface area (Å²) in [5.41, 5.74) is 5.01. The van der Waals surface area contributed by atoms with Crippen molar-refractivity contribution < 1.29 is 19.1 Å². The lowest BCUT2D eigenvalue weighted by molar-refractivity contribution is -0.123. The van der Waals surface area contributed by atoms with Crippen molar-refractivity contribution in [2.45, 2.75) is 0 Å². The van der Waals surface area contributed by atoms with Crippen molar-refractivity contribution in [1.29, 1.82) is 0 Å². The first-order chi connectivity index (χ1) is 8.00. The van der Waals surface area contributed by atoms with Crippen LogP contribution in [0.15, 0.2) is 28.7 Å². The molecule has 0 bridgehead atoms. The molecule has 0 heterocycles. The highest BCUT2D eigenvalue weighted by molar-refractivity contribution is 9.10. The number of ether oxygens (including phenoxy) is 1. The SMILES string of the molecule is NC(=O)NC(=O)COC(=O)c1ccccc1Br. The van der Waals surface area contributed by atoms with Gasteiger partial charge in [-0.3, -0.25) is 10.1 Å². The Labute approximate surface area is 105 Å². The highest BCUT2D eigenvalue weighted by atomic mass is 79.9. The number of urea groups is 1. The molecule has 0 fully saturated rings. The van der Waals surface area contributed by atoms with E-state index in [2.05, 4.69) is 20.7 Å². The first-order valence-electron chi connectivity index (χ1n) is 4.51. The number of hydrogen-bond acceptors (Lipinski definition) is 4. The van der Waals surface area contributed by atoms with Crippen LogP contribution in [0.25, 0.3) is 0 Å². The van der Waals surface area contributed by atoms with E-state index in [1.54, 1.807) is 29.6 Å². The van der Waals surface area contributed by atoms with Gasteiger partial charge in [-0.25, -0.2) is 9.59 Å². The van der Waals surface area contributed by atoms with Gasteiger partial charge in [0, 0.05) is 4.47 Å². The van der Waals surface area contributed by atoms with Crippen LogP contribution in [0.1, 0.15) is 10.4 Å². The van der Waals surface area contributed by atoms with Crippen LogP contribution in [0.3, 0.4) is 0 Å². The Balaban J connectivity index is 2.54. The predicted molar refractivity (Wildman–Crippen MR) is 62.2 cm³/mol. The molecule has 6 nitrogen and oxygen atoms in total. The summed E-state index contributed by atoms with van der Waals surface area (Å²) in [6.07, 6.45) is 0. The maximum atomic E-state index is 11.5. The predicted octanol–water partition coefficient (Wildman–Crippen LogP) is 0.801. The summed E-state index contributed by atoms with van der Waals surface area (Å²) in [5, 5.41) is 1.78. The summed E-state index contributed by atoms with van der Waals surface area (Å²) in [5.74, 6) is -1.45. The van der Waals surface area contributed by atoms with Crippen molar-refractivity contribution in [1.82, 2.24) is 5.32 Å². The number of nitrogens with two attached hydrogens (primary N) is 1. The molecular formula is C10H9BrN2O4. The first kappa shape index (κ1) is 13.2. The third-order valence-electron chi connectivity index (χ3n) is 1.69. The summed E-state index contributed by atoms with van der Waals surface area (Å²) < 4.78 is 5.24. The van der Waals surface area contributed by atoms with E-state index >= 15 is 0 Å². The molecular weight excluding hydrogens is 292 g/mol. The lowest BCUT2D eigenvalue weighted by Crippen LogP contribution is -2.37. The Hall–Kier alpha value is -1.89. The van der Waals surface area contributed by atoms with Crippen molar-refractivity contribution in [2.24, 2.45) is 5.73 Å². The van der Waals surface area contributed by atoms with E-state index in [4.69, 9.17) is 5.73 Å². The zero-order chi connectivity index (χ0) is 12.8. The quantitative estimate of drug-likeness (QED) is 0.807. The minimum atomic E-state index is -0.994. The van der Waals surface area contributed by atoms with Crippen molar-refractivity contribution in [3.63, 3.8) is 0 Å². The Morgan fingerprint density at radius 3 is 2.53 bits per heavy atom. The van der Waals surface area contributed by atoms with Crippen LogP contribution in [0.2, 0.25) is 0 Å². The van der Waals surface area contributed by atoms with Crippen molar-refractivity contribution >= 4 is 33.8 Å². The molecule has 3 N–H and O–H groups in total. The lowest BCUT2D eigenvalue weighted by atomic mass is 10.2. The van der Waals surface area contributed by atoms with Crippen LogP contribution in [0.5, 0.6) is 0 Å². The molecule has 0 spiro atoms. The number of rotatable bonds is 3. The Morgan fingerprint density at radius 1 is 1.29 bits per heavy atom. The maximum Gasteiger partial charge on any atom is 0.339 e. The normalized spacial score (nSPS) is 9.47. The summed E-state index contributed by atoms with van der Waals surface area (Å²) in [4.78, 5) is 32.8. The zero-order valence-corrected chi connectivity index (χ0v) is 10.2. The van der Waals surface area contributed by atoms with Gasteiger partial charge in [-0.1, -0.05) is 12.1 Å². The topological polar surface area (TPSA) is 98.5 Å². The van der Waals surface area contributed by atoms with Gasteiger partial charge in [0.2, 0.25) is 0 Å². The highest BCUT2D eigenvalue weighted by Gasteiger charge is 2.13. The molecule has 3 amide bonds. The molecule has 0 aliphatic heterocycles. The van der Waals surface area contributed by atoms with Gasteiger partial charge in [0.05, 0.1) is 5.56 Å². The van der Waals surface area contributed by atoms with E-state index < -0.39 is 24.5 Å². The summed E-state index contributed by atoms with van der Waals surface area (Å²) in [6, 6.07) is 5.61. The molecule has 1 aromatic carbocycles. The number of imide groups is 1. The number of primary amides is 1. The number of halogens is 1. The molecule has 1 aromatic rings. The average Bonchev–Trinajstić information content (AvgIpc) is 2.25. The molecule has 0 unspecified atom stereocenters. The van der Waals surface area contributed by atoms with Gasteiger partial charge in [-0.2, -0.15) is 0 Å². The molecule has 0 aromatic heterocycles. The number of carbonyl (C=O) groups is 3. The zero-order valence-electron chi connectivity index (χ0n) is 8.60. The third kappa shape index (κ3) is 4.23. The van der Waals surface area contributed by atoms with Crippen LogP contribution in [-0.4, -0.2) is 24.5 Å². The standard InChI is InChI=1S/C10H9BrN2O4/c11-7-4-2-1-3-6(7)9(15)17-5-8(14)13-10(12)16/h1-4H,5H2,(H3,12,13,14,16). The largest absolute Gasteiger partial charge is 0.452 e. The fourth-order valence-corrected chi connectivity index (χ4v) is 1.46. The lowest BCUT2D eigenvalue weighted by Gasteiger charge is -2.05. The molecule has 7 heteroatoms. The molecule has 17 heavy (non-hydrogen) atoms. The summed E-state index contributed by atoms with van der Waals surface area (Å²) in [6.45, 7) is -0.566. The van der Waals surface area contributed by atoms with Crippen LogP contribution < -0.4 is 11.1 Å². The number of amides is 3. The van der Waals surface area contributed by atoms with Crippen LogP contribution in [0, 0.1) is 0 Å². The van der Waals surface area contributed by atoms with Crippen molar-refractivity contribution in [3.8, 4) is 0 Å². The van der Waals surface area contributed by atoms with Gasteiger partial charge >= 0.3 is 12.0 Å². The Morgan fingerprint density at radius 2 is 1.94 bits per heavy atom. The summed E-state index contributed by atoms with van der Waals surface area (Å²) >= 11 is 3.17. The second-order valence-electron chi connectivity index (χ2n) is 2.97. The Bertz CT molecular complexity index is 461. The number of nitrogens with one attached hydrogen (secondary N) is 1. The Kier molecular flexibility index (Phi) is 4.65. The molecule has 1 rings (SSSR count). The minimum Gasteiger partial charge on any atom is -0.452 e. The molecule has 0 aliphatic rings. The van der Waals surface area contributed by atoms with Crippen molar-refractivity contribution in [3.05, 3.63) is 34.3 Å². The molecule has 0 radical (unpaired) electrons. The van der Waals surface area contributed by atoms with Gasteiger partial charge in [0.15, 0.2) is 6.61 Å². The van der Waals surface area contributed by atoms with Crippen LogP contribution in [-0.2, 0) is 9.53 Å². The number of hydrogen-bond donors (Lipinski definition) is 2. The molecule has 90 valence electrons. The fraction of sp³-hybridized carbons (Fsp3) is 0.100. The fourth-order valence-electron chi connectivity index (χ4n) is 1.01. The van der Waals surface area contributed by atoms with Gasteiger partial charge in [-0.15, -0.1) is 0 Å². The smallest absolute Gasteiger partial charge is 0.339 e.